The summed E-state index contributed by atoms with van der Waals surface area (Å²) >= 11 is 0. The number of aromatic carboxylic acids is 1. The molecule has 6 rings (SSSR count). The van der Waals surface area contributed by atoms with E-state index in [0.29, 0.717) is 6.07 Å². The third kappa shape index (κ3) is 5.32. The van der Waals surface area contributed by atoms with Gasteiger partial charge in [0.1, 0.15) is 23.0 Å². The molecule has 0 radical (unpaired) electrons. The molecule has 1 amide bonds. The van der Waals surface area contributed by atoms with E-state index in [9.17, 15) is 33.4 Å². The third-order valence-corrected chi connectivity index (χ3v) is 7.83. The Morgan fingerprint density at radius 1 is 0.957 bits per heavy atom. The maximum atomic E-state index is 15.4. The first-order chi connectivity index (χ1) is 22.0. The number of aromatic nitrogens is 2. The molecule has 2 N–H and O–H groups in total. The number of aliphatic hydroxyl groups is 1. The van der Waals surface area contributed by atoms with Crippen LogP contribution in [0.2, 0.25) is 0 Å². The van der Waals surface area contributed by atoms with Gasteiger partial charge in [0.2, 0.25) is 5.43 Å². The summed E-state index contributed by atoms with van der Waals surface area (Å²) in [6.45, 7) is 0.626. The Balaban J connectivity index is 1.27. The van der Waals surface area contributed by atoms with E-state index in [4.69, 9.17) is 11.2 Å². The lowest BCUT2D eigenvalue weighted by molar-refractivity contribution is 0.0641. The minimum Gasteiger partial charge on any atom is -0.477 e. The van der Waals surface area contributed by atoms with Crippen LogP contribution in [0.25, 0.3) is 16.7 Å². The number of rotatable bonds is 6. The first kappa shape index (κ1) is 30.4. The standard InChI is InChI=1S/C31H23F4N5O6/c1-2-25(41)26-15-39(31(45)46-26)17-4-6-23(21(34)12-17)37-7-9-38(10-8-37)29-22(35)13-18-27(42)19(30(43)44)14-40(28(18)36-29)24-5-3-16(32)11-20(24)33/h1,3-6,11-14,25-26,41H,7-10,15H2,(H,43,44)/t25?,26-/m1/s1. The normalized spacial score (nSPS) is 17.3. The Bertz CT molecular complexity index is 2010. The molecule has 0 bridgehead atoms. The van der Waals surface area contributed by atoms with Crippen molar-refractivity contribution in [3.8, 4) is 18.0 Å². The van der Waals surface area contributed by atoms with Crippen LogP contribution < -0.4 is 20.1 Å². The monoisotopic (exact) mass is 637 g/mol. The molecule has 4 aromatic rings. The SMILES string of the molecule is C#CC(O)[C@H]1CN(c2ccc(N3CCN(c4nc5c(cc4F)c(=O)c(C(=O)O)cn5-c4ccc(F)cc4F)CC3)c(F)c2)C(=O)O1. The van der Waals surface area contributed by atoms with E-state index in [0.717, 1.165) is 39.9 Å². The molecular weight excluding hydrogens is 614 g/mol. The first-order valence-electron chi connectivity index (χ1n) is 13.8. The molecule has 4 heterocycles. The molecule has 1 unspecified atom stereocenters. The lowest BCUT2D eigenvalue weighted by Crippen LogP contribution is -2.47. The highest BCUT2D eigenvalue weighted by Crippen LogP contribution is 2.31. The second kappa shape index (κ2) is 11.7. The molecule has 2 fully saturated rings. The zero-order valence-corrected chi connectivity index (χ0v) is 23.7. The smallest absolute Gasteiger partial charge is 0.414 e. The number of carbonyl (C=O) groups excluding carboxylic acids is 1. The summed E-state index contributed by atoms with van der Waals surface area (Å²) in [7, 11) is 0. The number of terminal acetylenes is 1. The summed E-state index contributed by atoms with van der Waals surface area (Å²) in [5.41, 5.74) is -1.95. The van der Waals surface area contributed by atoms with E-state index in [1.807, 2.05) is 0 Å². The van der Waals surface area contributed by atoms with Gasteiger partial charge in [-0.05, 0) is 36.4 Å². The number of pyridine rings is 2. The molecule has 2 atom stereocenters. The zero-order valence-electron chi connectivity index (χ0n) is 23.7. The number of piperazine rings is 1. The van der Waals surface area contributed by atoms with Crippen LogP contribution in [0.5, 0.6) is 0 Å². The summed E-state index contributed by atoms with van der Waals surface area (Å²) in [5, 5.41) is 18.9. The number of ether oxygens (including phenoxy) is 1. The number of benzene rings is 2. The van der Waals surface area contributed by atoms with E-state index in [1.54, 1.807) is 4.90 Å². The summed E-state index contributed by atoms with van der Waals surface area (Å²) in [5.74, 6) is -3.29. The van der Waals surface area contributed by atoms with E-state index < -0.39 is 63.9 Å². The van der Waals surface area contributed by atoms with Crippen molar-refractivity contribution in [2.24, 2.45) is 0 Å². The quantitative estimate of drug-likeness (QED) is 0.242. The maximum Gasteiger partial charge on any atom is 0.414 e. The van der Waals surface area contributed by atoms with Gasteiger partial charge in [-0.2, -0.15) is 0 Å². The number of aliphatic hydroxyl groups excluding tert-OH is 1. The van der Waals surface area contributed by atoms with Crippen LogP contribution >= 0.6 is 0 Å². The Morgan fingerprint density at radius 3 is 2.28 bits per heavy atom. The van der Waals surface area contributed by atoms with E-state index in [1.165, 1.54) is 17.0 Å². The van der Waals surface area contributed by atoms with Crippen LogP contribution in [-0.4, -0.2) is 76.8 Å². The molecule has 0 spiro atoms. The second-order valence-corrected chi connectivity index (χ2v) is 10.6. The lowest BCUT2D eigenvalue weighted by Gasteiger charge is -2.37. The third-order valence-electron chi connectivity index (χ3n) is 7.83. The molecule has 0 aliphatic carbocycles. The largest absolute Gasteiger partial charge is 0.477 e. The average Bonchev–Trinajstić information content (AvgIpc) is 3.42. The molecule has 46 heavy (non-hydrogen) atoms. The minimum absolute atomic E-state index is 0.0642. The predicted molar refractivity (Wildman–Crippen MR) is 157 cm³/mol. The van der Waals surface area contributed by atoms with Crippen LogP contribution in [0.4, 0.5) is 39.5 Å². The molecule has 236 valence electrons. The van der Waals surface area contributed by atoms with Gasteiger partial charge in [0.05, 0.1) is 29.0 Å². The summed E-state index contributed by atoms with van der Waals surface area (Å²) in [6, 6.07) is 7.52. The first-order valence-corrected chi connectivity index (χ1v) is 13.8. The Hall–Kier alpha value is -5.62. The fraction of sp³-hybridized carbons (Fsp3) is 0.226. The zero-order chi connectivity index (χ0) is 32.9. The lowest BCUT2D eigenvalue weighted by atomic mass is 10.1. The number of cyclic esters (lactones) is 1. The van der Waals surface area contributed by atoms with Crippen molar-refractivity contribution in [1.82, 2.24) is 9.55 Å². The summed E-state index contributed by atoms with van der Waals surface area (Å²) in [4.78, 5) is 45.6. The van der Waals surface area contributed by atoms with Gasteiger partial charge in [-0.3, -0.25) is 14.3 Å². The number of anilines is 3. The highest BCUT2D eigenvalue weighted by molar-refractivity contribution is 5.93. The van der Waals surface area contributed by atoms with Crippen molar-refractivity contribution < 1.29 is 42.1 Å². The predicted octanol–water partition coefficient (Wildman–Crippen LogP) is 3.29. The van der Waals surface area contributed by atoms with Crippen LogP contribution in [0, 0.1) is 35.6 Å². The Morgan fingerprint density at radius 2 is 1.63 bits per heavy atom. The number of halogens is 4. The molecule has 2 aliphatic heterocycles. The Labute approximate surface area is 257 Å². The van der Waals surface area contributed by atoms with Gasteiger partial charge in [-0.1, -0.05) is 5.92 Å². The van der Waals surface area contributed by atoms with Crippen LogP contribution in [0.3, 0.4) is 0 Å². The summed E-state index contributed by atoms with van der Waals surface area (Å²) in [6.07, 6.45) is 2.99. The number of amides is 1. The number of carbonyl (C=O) groups is 2. The number of nitrogens with zero attached hydrogens (tertiary/aromatic N) is 5. The van der Waals surface area contributed by atoms with Crippen molar-refractivity contribution in [1.29, 1.82) is 0 Å². The molecule has 0 saturated carbocycles. The van der Waals surface area contributed by atoms with Crippen molar-refractivity contribution in [2.45, 2.75) is 12.2 Å². The highest BCUT2D eigenvalue weighted by Gasteiger charge is 2.36. The van der Waals surface area contributed by atoms with Gasteiger partial charge >= 0.3 is 12.1 Å². The fourth-order valence-electron chi connectivity index (χ4n) is 5.50. The molecule has 2 aromatic heterocycles. The van der Waals surface area contributed by atoms with Gasteiger partial charge in [-0.15, -0.1) is 6.42 Å². The highest BCUT2D eigenvalue weighted by atomic mass is 19.1. The fourth-order valence-corrected chi connectivity index (χ4v) is 5.50. The van der Waals surface area contributed by atoms with Gasteiger partial charge in [0, 0.05) is 38.4 Å². The van der Waals surface area contributed by atoms with Gasteiger partial charge in [-0.25, -0.2) is 32.1 Å². The molecule has 2 aromatic carbocycles. The number of carboxylic acid groups (broad SMARTS) is 1. The van der Waals surface area contributed by atoms with Gasteiger partial charge < -0.3 is 24.7 Å². The Kier molecular flexibility index (Phi) is 7.74. The van der Waals surface area contributed by atoms with Gasteiger partial charge in [0.25, 0.3) is 0 Å². The van der Waals surface area contributed by atoms with Crippen LogP contribution in [0.1, 0.15) is 10.4 Å². The molecule has 2 saturated heterocycles. The topological polar surface area (TPSA) is 128 Å². The number of hydrogen-bond acceptors (Lipinski definition) is 8. The average molecular weight is 638 g/mol. The van der Waals surface area contributed by atoms with Gasteiger partial charge in [0.15, 0.2) is 29.5 Å². The van der Waals surface area contributed by atoms with Crippen molar-refractivity contribution >= 4 is 40.3 Å². The molecule has 2 aliphatic rings. The summed E-state index contributed by atoms with van der Waals surface area (Å²) < 4.78 is 65.1. The van der Waals surface area contributed by atoms with E-state index >= 15 is 8.78 Å². The van der Waals surface area contributed by atoms with E-state index in [-0.39, 0.29) is 61.3 Å². The number of fused-ring (bicyclic) bond motifs is 1. The molecule has 15 heteroatoms. The molecule has 11 nitrogen and oxygen atoms in total. The number of carboxylic acids is 1. The molecular formula is C31H23F4N5O6. The number of hydrogen-bond donors (Lipinski definition) is 2. The minimum atomic E-state index is -1.63. The van der Waals surface area contributed by atoms with Crippen LogP contribution in [0.15, 0.2) is 53.5 Å². The van der Waals surface area contributed by atoms with Crippen molar-refractivity contribution in [2.75, 3.05) is 47.4 Å². The van der Waals surface area contributed by atoms with E-state index in [2.05, 4.69) is 10.9 Å². The van der Waals surface area contributed by atoms with Crippen molar-refractivity contribution in [3.05, 3.63) is 87.7 Å². The van der Waals surface area contributed by atoms with Crippen LogP contribution in [-0.2, 0) is 4.74 Å². The maximum absolute atomic E-state index is 15.4. The van der Waals surface area contributed by atoms with Crippen molar-refractivity contribution in [3.63, 3.8) is 0 Å². The second-order valence-electron chi connectivity index (χ2n) is 10.6.